The number of carbonyl (C=O) groups is 1. The normalized spacial score (nSPS) is 20.9. The summed E-state index contributed by atoms with van der Waals surface area (Å²) in [5, 5.41) is 0.560. The molecule has 1 saturated heterocycles. The summed E-state index contributed by atoms with van der Waals surface area (Å²) in [4.78, 5) is 34.0. The van der Waals surface area contributed by atoms with Gasteiger partial charge in [0, 0.05) is 13.2 Å². The first kappa shape index (κ1) is 16.6. The minimum atomic E-state index is -0.173. The molecule has 1 aliphatic heterocycles. The van der Waals surface area contributed by atoms with Gasteiger partial charge in [-0.05, 0) is 38.8 Å². The summed E-state index contributed by atoms with van der Waals surface area (Å²) in [5.41, 5.74) is 0.475. The molecule has 2 atom stereocenters. The van der Waals surface area contributed by atoms with E-state index in [0.717, 1.165) is 19.4 Å². The molecule has 0 saturated carbocycles. The van der Waals surface area contributed by atoms with E-state index in [-0.39, 0.29) is 23.5 Å². The Balaban J connectivity index is 1.82. The second kappa shape index (κ2) is 7.13. The lowest BCUT2D eigenvalue weighted by atomic mass is 9.94. The van der Waals surface area contributed by atoms with E-state index in [1.54, 1.807) is 11.0 Å². The smallest absolute Gasteiger partial charge is 0.258 e. The maximum absolute atomic E-state index is 12.8. The third kappa shape index (κ3) is 3.33. The molecule has 0 bridgehead atoms. The molecule has 3 rings (SSSR count). The first-order valence-corrected chi connectivity index (χ1v) is 8.48. The number of nitrogens with zero attached hydrogens (tertiary/aromatic N) is 2. The summed E-state index contributed by atoms with van der Waals surface area (Å²) in [6.07, 6.45) is 1.69. The SMILES string of the molecule is CCN(Cc1nc2ccccc2c(=O)[nH]1)C(=O)[C@@H]1CCCO[C@@H]1C. The molecule has 2 heterocycles. The lowest BCUT2D eigenvalue weighted by Gasteiger charge is -2.32. The van der Waals surface area contributed by atoms with Gasteiger partial charge >= 0.3 is 0 Å². The van der Waals surface area contributed by atoms with Crippen molar-refractivity contribution < 1.29 is 9.53 Å². The van der Waals surface area contributed by atoms with Crippen LogP contribution in [0.3, 0.4) is 0 Å². The summed E-state index contributed by atoms with van der Waals surface area (Å²) in [6.45, 7) is 5.48. The lowest BCUT2D eigenvalue weighted by Crippen LogP contribution is -2.43. The summed E-state index contributed by atoms with van der Waals surface area (Å²) in [6, 6.07) is 7.21. The molecular weight excluding hydrogens is 306 g/mol. The van der Waals surface area contributed by atoms with Crippen molar-refractivity contribution in [3.63, 3.8) is 0 Å². The van der Waals surface area contributed by atoms with Gasteiger partial charge in [0.1, 0.15) is 5.82 Å². The Kier molecular flexibility index (Phi) is 4.94. The number of fused-ring (bicyclic) bond motifs is 1. The zero-order chi connectivity index (χ0) is 17.1. The van der Waals surface area contributed by atoms with Crippen LogP contribution in [0, 0.1) is 5.92 Å². The monoisotopic (exact) mass is 329 g/mol. The Hall–Kier alpha value is -2.21. The number of carbonyl (C=O) groups excluding carboxylic acids is 1. The number of hydrogen-bond acceptors (Lipinski definition) is 4. The molecule has 1 fully saturated rings. The zero-order valence-electron chi connectivity index (χ0n) is 14.1. The van der Waals surface area contributed by atoms with Crippen molar-refractivity contribution in [3.8, 4) is 0 Å². The largest absolute Gasteiger partial charge is 0.378 e. The number of nitrogens with one attached hydrogen (secondary N) is 1. The van der Waals surface area contributed by atoms with Crippen LogP contribution in [0.15, 0.2) is 29.1 Å². The number of rotatable bonds is 4. The zero-order valence-corrected chi connectivity index (χ0v) is 14.1. The van der Waals surface area contributed by atoms with Gasteiger partial charge in [0.05, 0.1) is 29.5 Å². The predicted octanol–water partition coefficient (Wildman–Crippen LogP) is 2.09. The highest BCUT2D eigenvalue weighted by Crippen LogP contribution is 2.23. The molecule has 6 nitrogen and oxygen atoms in total. The first-order valence-electron chi connectivity index (χ1n) is 8.48. The Morgan fingerprint density at radius 2 is 2.21 bits per heavy atom. The van der Waals surface area contributed by atoms with Crippen LogP contribution in [-0.2, 0) is 16.1 Å². The van der Waals surface area contributed by atoms with Gasteiger partial charge in [-0.1, -0.05) is 12.1 Å². The predicted molar refractivity (Wildman–Crippen MR) is 91.6 cm³/mol. The molecule has 1 amide bonds. The van der Waals surface area contributed by atoms with Crippen molar-refractivity contribution in [2.75, 3.05) is 13.2 Å². The molecular formula is C18H23N3O3. The van der Waals surface area contributed by atoms with E-state index < -0.39 is 0 Å². The third-order valence-electron chi connectivity index (χ3n) is 4.62. The van der Waals surface area contributed by atoms with Gasteiger partial charge in [-0.25, -0.2) is 4.98 Å². The highest BCUT2D eigenvalue weighted by molar-refractivity contribution is 5.80. The van der Waals surface area contributed by atoms with E-state index in [1.807, 2.05) is 32.0 Å². The lowest BCUT2D eigenvalue weighted by molar-refractivity contribution is -0.144. The molecule has 0 aliphatic carbocycles. The number of hydrogen-bond donors (Lipinski definition) is 1. The van der Waals surface area contributed by atoms with Crippen LogP contribution in [-0.4, -0.2) is 40.0 Å². The van der Waals surface area contributed by atoms with Gasteiger partial charge in [-0.2, -0.15) is 0 Å². The van der Waals surface area contributed by atoms with E-state index in [4.69, 9.17) is 4.74 Å². The van der Waals surface area contributed by atoms with Crippen LogP contribution < -0.4 is 5.56 Å². The minimum Gasteiger partial charge on any atom is -0.378 e. The summed E-state index contributed by atoms with van der Waals surface area (Å²) in [7, 11) is 0. The average Bonchev–Trinajstić information content (AvgIpc) is 2.59. The van der Waals surface area contributed by atoms with Crippen LogP contribution in [0.5, 0.6) is 0 Å². The maximum Gasteiger partial charge on any atom is 0.258 e. The van der Waals surface area contributed by atoms with Crippen LogP contribution in [0.2, 0.25) is 0 Å². The van der Waals surface area contributed by atoms with Crippen LogP contribution in [0.4, 0.5) is 0 Å². The van der Waals surface area contributed by atoms with Crippen LogP contribution in [0.1, 0.15) is 32.5 Å². The van der Waals surface area contributed by atoms with Gasteiger partial charge in [0.25, 0.3) is 5.56 Å². The Labute approximate surface area is 140 Å². The van der Waals surface area contributed by atoms with Crippen LogP contribution in [0.25, 0.3) is 10.9 Å². The molecule has 2 aromatic rings. The number of aromatic amines is 1. The van der Waals surface area contributed by atoms with E-state index in [0.29, 0.717) is 29.8 Å². The number of ether oxygens (including phenoxy) is 1. The third-order valence-corrected chi connectivity index (χ3v) is 4.62. The molecule has 0 radical (unpaired) electrons. The summed E-state index contributed by atoms with van der Waals surface area (Å²) >= 11 is 0. The number of benzene rings is 1. The molecule has 1 aromatic heterocycles. The van der Waals surface area contributed by atoms with Gasteiger partial charge in [-0.15, -0.1) is 0 Å². The van der Waals surface area contributed by atoms with Crippen molar-refractivity contribution in [1.82, 2.24) is 14.9 Å². The minimum absolute atomic E-state index is 0.0658. The topological polar surface area (TPSA) is 75.3 Å². The van der Waals surface area contributed by atoms with Gasteiger partial charge in [0.2, 0.25) is 5.91 Å². The van der Waals surface area contributed by atoms with E-state index in [9.17, 15) is 9.59 Å². The van der Waals surface area contributed by atoms with Crippen LogP contribution >= 0.6 is 0 Å². The molecule has 24 heavy (non-hydrogen) atoms. The molecule has 1 aliphatic rings. The summed E-state index contributed by atoms with van der Waals surface area (Å²) < 4.78 is 5.61. The first-order chi connectivity index (χ1) is 11.6. The van der Waals surface area contributed by atoms with Crippen molar-refractivity contribution in [3.05, 3.63) is 40.4 Å². The van der Waals surface area contributed by atoms with E-state index in [2.05, 4.69) is 9.97 Å². The van der Waals surface area contributed by atoms with Crippen molar-refractivity contribution in [1.29, 1.82) is 0 Å². The standard InChI is InChI=1S/C18H23N3O3/c1-3-21(18(23)13-8-6-10-24-12(13)2)11-16-19-15-9-5-4-7-14(15)17(22)20-16/h4-5,7,9,12-13H,3,6,8,10-11H2,1-2H3,(H,19,20,22)/t12-,13-/m1/s1. The molecule has 6 heteroatoms. The highest BCUT2D eigenvalue weighted by Gasteiger charge is 2.31. The maximum atomic E-state index is 12.8. The fourth-order valence-electron chi connectivity index (χ4n) is 3.22. The Bertz CT molecular complexity index is 786. The molecule has 0 unspecified atom stereocenters. The second-order valence-electron chi connectivity index (χ2n) is 6.21. The Morgan fingerprint density at radius 1 is 1.42 bits per heavy atom. The Morgan fingerprint density at radius 3 is 2.96 bits per heavy atom. The fraction of sp³-hybridized carbons (Fsp3) is 0.500. The van der Waals surface area contributed by atoms with Gasteiger partial charge in [-0.3, -0.25) is 9.59 Å². The number of aromatic nitrogens is 2. The summed E-state index contributed by atoms with van der Waals surface area (Å²) in [5.74, 6) is 0.463. The molecule has 128 valence electrons. The van der Waals surface area contributed by atoms with Gasteiger partial charge < -0.3 is 14.6 Å². The van der Waals surface area contributed by atoms with Crippen molar-refractivity contribution in [2.45, 2.75) is 39.3 Å². The fourth-order valence-corrected chi connectivity index (χ4v) is 3.22. The number of amides is 1. The average molecular weight is 329 g/mol. The number of H-pyrrole nitrogens is 1. The highest BCUT2D eigenvalue weighted by atomic mass is 16.5. The quantitative estimate of drug-likeness (QED) is 0.932. The molecule has 1 aromatic carbocycles. The number of para-hydroxylation sites is 1. The second-order valence-corrected chi connectivity index (χ2v) is 6.21. The van der Waals surface area contributed by atoms with E-state index >= 15 is 0 Å². The van der Waals surface area contributed by atoms with Gasteiger partial charge in [0.15, 0.2) is 0 Å². The van der Waals surface area contributed by atoms with Crippen molar-refractivity contribution in [2.24, 2.45) is 5.92 Å². The van der Waals surface area contributed by atoms with E-state index in [1.165, 1.54) is 0 Å². The van der Waals surface area contributed by atoms with Crippen molar-refractivity contribution >= 4 is 16.8 Å². The molecule has 1 N–H and O–H groups in total. The molecule has 0 spiro atoms.